The molecule has 2 aromatic carbocycles. The third-order valence-electron chi connectivity index (χ3n) is 6.11. The third-order valence-corrected chi connectivity index (χ3v) is 6.11. The van der Waals surface area contributed by atoms with Gasteiger partial charge < -0.3 is 20.3 Å². The molecule has 2 saturated heterocycles. The maximum absolute atomic E-state index is 14.3. The molecule has 3 amide bonds. The van der Waals surface area contributed by atoms with Crippen LogP contribution in [0.3, 0.4) is 0 Å². The number of halogens is 1. The first-order valence-corrected chi connectivity index (χ1v) is 11.5. The molecule has 0 radical (unpaired) electrons. The van der Waals surface area contributed by atoms with Gasteiger partial charge in [0, 0.05) is 50.4 Å². The summed E-state index contributed by atoms with van der Waals surface area (Å²) in [5.74, 6) is -1.84. The van der Waals surface area contributed by atoms with Crippen LogP contribution in [0.15, 0.2) is 42.5 Å². The first-order chi connectivity index (χ1) is 16.4. The van der Waals surface area contributed by atoms with Crippen molar-refractivity contribution in [3.05, 3.63) is 53.8 Å². The molecule has 1 atom stereocenters. The minimum atomic E-state index is -0.584. The molecule has 34 heavy (non-hydrogen) atoms. The Labute approximate surface area is 198 Å². The zero-order chi connectivity index (χ0) is 24.1. The van der Waals surface area contributed by atoms with Gasteiger partial charge in [-0.2, -0.15) is 0 Å². The Bertz CT molecular complexity index is 1050. The van der Waals surface area contributed by atoms with Gasteiger partial charge in [-0.15, -0.1) is 0 Å². The molecule has 1 unspecified atom stereocenters. The maximum Gasteiger partial charge on any atom is 0.229 e. The first kappa shape index (κ1) is 23.8. The van der Waals surface area contributed by atoms with Crippen molar-refractivity contribution in [2.45, 2.75) is 19.8 Å². The molecule has 4 rings (SSSR count). The summed E-state index contributed by atoms with van der Waals surface area (Å²) in [5.41, 5.74) is 2.21. The van der Waals surface area contributed by atoms with Crippen molar-refractivity contribution >= 4 is 34.8 Å². The lowest BCUT2D eigenvalue weighted by atomic mass is 10.1. The van der Waals surface area contributed by atoms with Gasteiger partial charge in [0.2, 0.25) is 17.7 Å². The molecule has 2 fully saturated rings. The topological polar surface area (TPSA) is 91.0 Å². The Morgan fingerprint density at radius 1 is 1.09 bits per heavy atom. The lowest BCUT2D eigenvalue weighted by Crippen LogP contribution is -2.38. The van der Waals surface area contributed by atoms with E-state index >= 15 is 0 Å². The summed E-state index contributed by atoms with van der Waals surface area (Å²) in [6.45, 7) is 5.65. The van der Waals surface area contributed by atoms with Gasteiger partial charge >= 0.3 is 0 Å². The first-order valence-electron chi connectivity index (χ1n) is 11.5. The standard InChI is InChI=1S/C25H29FN4O4/c1-17-2-5-20(6-3-17)30-16-18(14-24(30)32)25(33)27-19-4-7-21(26)22(15-19)28-23(31)8-9-29-10-12-34-13-11-29/h2-7,15,18H,8-14,16H2,1H3,(H,27,33)(H,28,31). The molecule has 2 N–H and O–H groups in total. The molecule has 0 bridgehead atoms. The minimum Gasteiger partial charge on any atom is -0.379 e. The number of amides is 3. The second-order valence-corrected chi connectivity index (χ2v) is 8.68. The van der Waals surface area contributed by atoms with E-state index in [1.54, 1.807) is 4.90 Å². The van der Waals surface area contributed by atoms with Crippen molar-refractivity contribution < 1.29 is 23.5 Å². The number of carbonyl (C=O) groups excluding carboxylic acids is 3. The summed E-state index contributed by atoms with van der Waals surface area (Å²) >= 11 is 0. The van der Waals surface area contributed by atoms with Gasteiger partial charge in [-0.3, -0.25) is 19.3 Å². The zero-order valence-electron chi connectivity index (χ0n) is 19.2. The van der Waals surface area contributed by atoms with Crippen LogP contribution in [-0.2, 0) is 19.1 Å². The van der Waals surface area contributed by atoms with Crippen LogP contribution >= 0.6 is 0 Å². The summed E-state index contributed by atoms with van der Waals surface area (Å²) in [6.07, 6.45) is 0.334. The van der Waals surface area contributed by atoms with E-state index in [4.69, 9.17) is 4.74 Å². The van der Waals surface area contributed by atoms with Crippen LogP contribution in [-0.4, -0.2) is 62.0 Å². The fourth-order valence-corrected chi connectivity index (χ4v) is 4.10. The highest BCUT2D eigenvalue weighted by Gasteiger charge is 2.35. The Balaban J connectivity index is 1.33. The van der Waals surface area contributed by atoms with Crippen molar-refractivity contribution in [3.8, 4) is 0 Å². The van der Waals surface area contributed by atoms with Crippen LogP contribution in [0.25, 0.3) is 0 Å². The van der Waals surface area contributed by atoms with E-state index in [-0.39, 0.29) is 42.8 Å². The highest BCUT2D eigenvalue weighted by Crippen LogP contribution is 2.27. The molecule has 0 aromatic heterocycles. The number of rotatable bonds is 7. The minimum absolute atomic E-state index is 0.00792. The average molecular weight is 469 g/mol. The highest BCUT2D eigenvalue weighted by atomic mass is 19.1. The molecule has 180 valence electrons. The zero-order valence-corrected chi connectivity index (χ0v) is 19.2. The third kappa shape index (κ3) is 5.98. The molecule has 0 spiro atoms. The second kappa shape index (κ2) is 10.8. The average Bonchev–Trinajstić information content (AvgIpc) is 3.23. The van der Waals surface area contributed by atoms with Crippen LogP contribution in [0, 0.1) is 18.7 Å². The summed E-state index contributed by atoms with van der Waals surface area (Å²) in [7, 11) is 0. The van der Waals surface area contributed by atoms with Crippen molar-refractivity contribution in [2.75, 3.05) is 54.9 Å². The number of carbonyl (C=O) groups is 3. The second-order valence-electron chi connectivity index (χ2n) is 8.68. The van der Waals surface area contributed by atoms with Gasteiger partial charge in [0.05, 0.1) is 24.8 Å². The monoisotopic (exact) mass is 468 g/mol. The number of aryl methyl sites for hydroxylation is 1. The number of hydrogen-bond donors (Lipinski definition) is 2. The Hall–Kier alpha value is -3.30. The van der Waals surface area contributed by atoms with Crippen LogP contribution in [0.1, 0.15) is 18.4 Å². The highest BCUT2D eigenvalue weighted by molar-refractivity contribution is 6.03. The predicted octanol–water partition coefficient (Wildman–Crippen LogP) is 2.79. The van der Waals surface area contributed by atoms with Crippen LogP contribution < -0.4 is 15.5 Å². The Kier molecular flexibility index (Phi) is 7.54. The molecule has 2 aromatic rings. The Morgan fingerprint density at radius 3 is 2.56 bits per heavy atom. The van der Waals surface area contributed by atoms with Gasteiger partial charge in [0.25, 0.3) is 0 Å². The molecular weight excluding hydrogens is 439 g/mol. The SMILES string of the molecule is Cc1ccc(N2CC(C(=O)Nc3ccc(F)c(NC(=O)CCN4CCOCC4)c3)CC2=O)cc1. The van der Waals surface area contributed by atoms with Gasteiger partial charge in [0.1, 0.15) is 5.82 Å². The number of morpholine rings is 1. The lowest BCUT2D eigenvalue weighted by molar-refractivity contribution is -0.122. The maximum atomic E-state index is 14.3. The van der Waals surface area contributed by atoms with E-state index in [0.29, 0.717) is 25.4 Å². The van der Waals surface area contributed by atoms with E-state index in [1.165, 1.54) is 18.2 Å². The van der Waals surface area contributed by atoms with Gasteiger partial charge in [0.15, 0.2) is 0 Å². The van der Waals surface area contributed by atoms with Crippen LogP contribution in [0.2, 0.25) is 0 Å². The number of nitrogens with zero attached hydrogens (tertiary/aromatic N) is 2. The van der Waals surface area contributed by atoms with Crippen molar-refractivity contribution in [2.24, 2.45) is 5.92 Å². The number of anilines is 3. The van der Waals surface area contributed by atoms with Gasteiger partial charge in [-0.25, -0.2) is 4.39 Å². The van der Waals surface area contributed by atoms with Crippen molar-refractivity contribution in [1.82, 2.24) is 4.90 Å². The number of nitrogens with one attached hydrogen (secondary N) is 2. The summed E-state index contributed by atoms with van der Waals surface area (Å²) in [6, 6.07) is 11.6. The predicted molar refractivity (Wildman–Crippen MR) is 127 cm³/mol. The van der Waals surface area contributed by atoms with Crippen molar-refractivity contribution in [3.63, 3.8) is 0 Å². The number of hydrogen-bond acceptors (Lipinski definition) is 5. The van der Waals surface area contributed by atoms with E-state index in [9.17, 15) is 18.8 Å². The van der Waals surface area contributed by atoms with Crippen LogP contribution in [0.5, 0.6) is 0 Å². The van der Waals surface area contributed by atoms with E-state index in [1.807, 2.05) is 31.2 Å². The van der Waals surface area contributed by atoms with Crippen molar-refractivity contribution in [1.29, 1.82) is 0 Å². The number of ether oxygens (including phenoxy) is 1. The van der Waals surface area contributed by atoms with Gasteiger partial charge in [-0.1, -0.05) is 17.7 Å². The Morgan fingerprint density at radius 2 is 1.82 bits per heavy atom. The normalized spacial score (nSPS) is 18.7. The summed E-state index contributed by atoms with van der Waals surface area (Å²) in [4.78, 5) is 41.3. The molecule has 0 aliphatic carbocycles. The molecule has 2 aliphatic rings. The quantitative estimate of drug-likeness (QED) is 0.652. The molecule has 9 heteroatoms. The molecule has 2 aliphatic heterocycles. The smallest absolute Gasteiger partial charge is 0.229 e. The summed E-state index contributed by atoms with van der Waals surface area (Å²) in [5, 5.41) is 5.34. The summed E-state index contributed by atoms with van der Waals surface area (Å²) < 4.78 is 19.6. The van der Waals surface area contributed by atoms with Crippen LogP contribution in [0.4, 0.5) is 21.5 Å². The fraction of sp³-hybridized carbons (Fsp3) is 0.400. The molecule has 2 heterocycles. The molecule has 8 nitrogen and oxygen atoms in total. The van der Waals surface area contributed by atoms with E-state index < -0.39 is 11.7 Å². The molecule has 0 saturated carbocycles. The largest absolute Gasteiger partial charge is 0.379 e. The molecular formula is C25H29FN4O4. The van der Waals surface area contributed by atoms with E-state index in [2.05, 4.69) is 15.5 Å². The number of benzene rings is 2. The van der Waals surface area contributed by atoms with Gasteiger partial charge in [-0.05, 0) is 37.3 Å². The lowest BCUT2D eigenvalue weighted by Gasteiger charge is -2.26. The van der Waals surface area contributed by atoms with E-state index in [0.717, 1.165) is 24.3 Å². The fourth-order valence-electron chi connectivity index (χ4n) is 4.10.